The van der Waals surface area contributed by atoms with Crippen molar-refractivity contribution in [3.8, 4) is 0 Å². The first-order valence-corrected chi connectivity index (χ1v) is 6.50. The average Bonchev–Trinajstić information content (AvgIpc) is 3.03. The molecule has 0 radical (unpaired) electrons. The number of nitrogens with zero attached hydrogens (tertiary/aromatic N) is 2. The second-order valence-electron chi connectivity index (χ2n) is 4.43. The lowest BCUT2D eigenvalue weighted by Gasteiger charge is -2.24. The number of hydrogen-bond acceptors (Lipinski definition) is 2. The molecule has 3 rings (SSSR count). The van der Waals surface area contributed by atoms with E-state index in [2.05, 4.69) is 31.8 Å². The third kappa shape index (κ3) is 1.97. The lowest BCUT2D eigenvalue weighted by atomic mass is 10.2. The van der Waals surface area contributed by atoms with Crippen LogP contribution in [0.25, 0.3) is 0 Å². The van der Waals surface area contributed by atoms with E-state index < -0.39 is 0 Å². The van der Waals surface area contributed by atoms with E-state index in [1.165, 1.54) is 31.4 Å². The summed E-state index contributed by atoms with van der Waals surface area (Å²) in [4.78, 5) is 0. The van der Waals surface area contributed by atoms with Crippen molar-refractivity contribution in [2.24, 2.45) is 0 Å². The van der Waals surface area contributed by atoms with Crippen LogP contribution in [0.1, 0.15) is 49.9 Å². The molecule has 4 heteroatoms. The van der Waals surface area contributed by atoms with Crippen molar-refractivity contribution in [3.63, 3.8) is 0 Å². The highest BCUT2D eigenvalue weighted by molar-refractivity contribution is 9.10. The normalized spacial score (nSPS) is 26.9. The smallest absolute Gasteiger partial charge is 0.150 e. The highest BCUT2D eigenvalue weighted by Crippen LogP contribution is 2.42. The van der Waals surface area contributed by atoms with Gasteiger partial charge in [-0.1, -0.05) is 0 Å². The van der Waals surface area contributed by atoms with E-state index >= 15 is 0 Å². The largest absolute Gasteiger partial charge is 0.357 e. The van der Waals surface area contributed by atoms with Gasteiger partial charge in [0.15, 0.2) is 6.23 Å². The minimum absolute atomic E-state index is 0.181. The fraction of sp³-hybridized carbons (Fsp3) is 0.727. The van der Waals surface area contributed by atoms with Gasteiger partial charge in [0.25, 0.3) is 0 Å². The van der Waals surface area contributed by atoms with E-state index in [-0.39, 0.29) is 6.23 Å². The lowest BCUT2D eigenvalue weighted by Crippen LogP contribution is -2.20. The van der Waals surface area contributed by atoms with Crippen LogP contribution >= 0.6 is 15.9 Å². The van der Waals surface area contributed by atoms with Gasteiger partial charge in [0, 0.05) is 18.2 Å². The van der Waals surface area contributed by atoms with Gasteiger partial charge >= 0.3 is 0 Å². The summed E-state index contributed by atoms with van der Waals surface area (Å²) in [5.41, 5.74) is 1.36. The van der Waals surface area contributed by atoms with Gasteiger partial charge in [-0.2, -0.15) is 5.10 Å². The van der Waals surface area contributed by atoms with Gasteiger partial charge in [-0.25, -0.2) is 4.68 Å². The minimum Gasteiger partial charge on any atom is -0.357 e. The fourth-order valence-corrected chi connectivity index (χ4v) is 2.61. The van der Waals surface area contributed by atoms with E-state index in [0.717, 1.165) is 23.5 Å². The van der Waals surface area contributed by atoms with Crippen molar-refractivity contribution < 1.29 is 4.74 Å². The molecule has 1 aromatic heterocycles. The lowest BCUT2D eigenvalue weighted by molar-refractivity contribution is -0.0412. The number of aromatic nitrogens is 2. The maximum absolute atomic E-state index is 5.78. The zero-order valence-electron chi connectivity index (χ0n) is 8.66. The molecule has 1 aromatic rings. The summed E-state index contributed by atoms with van der Waals surface area (Å²) in [6, 6.07) is 2.15. The van der Waals surface area contributed by atoms with Gasteiger partial charge < -0.3 is 4.74 Å². The monoisotopic (exact) mass is 270 g/mol. The first-order valence-electron chi connectivity index (χ1n) is 5.71. The molecule has 0 amide bonds. The SMILES string of the molecule is Brc1cc(C2CC2)n(C2CCCCO2)n1. The van der Waals surface area contributed by atoms with Crippen molar-refractivity contribution in [3.05, 3.63) is 16.4 Å². The zero-order chi connectivity index (χ0) is 10.3. The van der Waals surface area contributed by atoms with Crippen molar-refractivity contribution in [2.75, 3.05) is 6.61 Å². The van der Waals surface area contributed by atoms with E-state index in [1.807, 2.05) is 0 Å². The summed E-state index contributed by atoms with van der Waals surface area (Å²) >= 11 is 3.46. The molecule has 1 saturated carbocycles. The van der Waals surface area contributed by atoms with Crippen LogP contribution in [-0.4, -0.2) is 16.4 Å². The third-order valence-electron chi connectivity index (χ3n) is 3.16. The first-order chi connectivity index (χ1) is 7.34. The van der Waals surface area contributed by atoms with Crippen LogP contribution in [0.2, 0.25) is 0 Å². The summed E-state index contributed by atoms with van der Waals surface area (Å²) < 4.78 is 8.82. The Kier molecular flexibility index (Phi) is 2.56. The molecular weight excluding hydrogens is 256 g/mol. The molecule has 0 bridgehead atoms. The summed E-state index contributed by atoms with van der Waals surface area (Å²) in [5, 5.41) is 4.50. The molecule has 1 unspecified atom stereocenters. The van der Waals surface area contributed by atoms with Crippen molar-refractivity contribution in [1.82, 2.24) is 9.78 Å². The molecule has 2 heterocycles. The Morgan fingerprint density at radius 3 is 2.87 bits per heavy atom. The summed E-state index contributed by atoms with van der Waals surface area (Å²) in [6.45, 7) is 0.881. The average molecular weight is 271 g/mol. The van der Waals surface area contributed by atoms with Crippen LogP contribution in [0.4, 0.5) is 0 Å². The van der Waals surface area contributed by atoms with Crippen LogP contribution in [0.15, 0.2) is 10.7 Å². The summed E-state index contributed by atoms with van der Waals surface area (Å²) in [6.07, 6.45) is 6.36. The highest BCUT2D eigenvalue weighted by Gasteiger charge is 2.30. The van der Waals surface area contributed by atoms with Crippen LogP contribution in [0, 0.1) is 0 Å². The third-order valence-corrected chi connectivity index (χ3v) is 3.55. The Labute approximate surface area is 97.9 Å². The van der Waals surface area contributed by atoms with Gasteiger partial charge in [0.2, 0.25) is 0 Å². The van der Waals surface area contributed by atoms with Crippen molar-refractivity contribution in [2.45, 2.75) is 44.2 Å². The Hall–Kier alpha value is -0.350. The molecular formula is C11H15BrN2O. The minimum atomic E-state index is 0.181. The molecule has 0 N–H and O–H groups in total. The van der Waals surface area contributed by atoms with Crippen LogP contribution in [0.3, 0.4) is 0 Å². The Bertz CT molecular complexity index is 353. The van der Waals surface area contributed by atoms with E-state index in [4.69, 9.17) is 4.74 Å². The second-order valence-corrected chi connectivity index (χ2v) is 5.24. The maximum atomic E-state index is 5.78. The molecule has 82 valence electrons. The summed E-state index contributed by atoms with van der Waals surface area (Å²) in [5.74, 6) is 0.731. The zero-order valence-corrected chi connectivity index (χ0v) is 10.2. The second kappa shape index (κ2) is 3.91. The number of halogens is 1. The van der Waals surface area contributed by atoms with Gasteiger partial charge in [-0.3, -0.25) is 0 Å². The fourth-order valence-electron chi connectivity index (χ4n) is 2.21. The van der Waals surface area contributed by atoms with Crippen LogP contribution in [0.5, 0.6) is 0 Å². The van der Waals surface area contributed by atoms with Gasteiger partial charge in [-0.15, -0.1) is 0 Å². The highest BCUT2D eigenvalue weighted by atomic mass is 79.9. The molecule has 0 aromatic carbocycles. The Balaban J connectivity index is 1.87. The molecule has 1 aliphatic carbocycles. The van der Waals surface area contributed by atoms with Crippen molar-refractivity contribution >= 4 is 15.9 Å². The molecule has 1 atom stereocenters. The van der Waals surface area contributed by atoms with E-state index in [0.29, 0.717) is 0 Å². The predicted molar refractivity (Wildman–Crippen MR) is 60.7 cm³/mol. The first kappa shape index (κ1) is 9.85. The number of ether oxygens (including phenoxy) is 1. The van der Waals surface area contributed by atoms with Gasteiger partial charge in [0.1, 0.15) is 4.60 Å². The topological polar surface area (TPSA) is 27.1 Å². The van der Waals surface area contributed by atoms with Gasteiger partial charge in [-0.05, 0) is 54.1 Å². The van der Waals surface area contributed by atoms with E-state index in [1.54, 1.807) is 0 Å². The van der Waals surface area contributed by atoms with Crippen LogP contribution < -0.4 is 0 Å². The number of rotatable bonds is 2. The molecule has 3 nitrogen and oxygen atoms in total. The van der Waals surface area contributed by atoms with Crippen molar-refractivity contribution in [1.29, 1.82) is 0 Å². The predicted octanol–water partition coefficient (Wildman–Crippen LogP) is 3.22. The molecule has 2 aliphatic rings. The van der Waals surface area contributed by atoms with Gasteiger partial charge in [0.05, 0.1) is 0 Å². The summed E-state index contributed by atoms with van der Waals surface area (Å²) in [7, 11) is 0. The molecule has 15 heavy (non-hydrogen) atoms. The molecule has 2 fully saturated rings. The Morgan fingerprint density at radius 1 is 1.33 bits per heavy atom. The van der Waals surface area contributed by atoms with Crippen LogP contribution in [-0.2, 0) is 4.74 Å². The Morgan fingerprint density at radius 2 is 2.20 bits per heavy atom. The molecule has 0 spiro atoms. The van der Waals surface area contributed by atoms with E-state index in [9.17, 15) is 0 Å². The molecule has 1 saturated heterocycles. The standard InChI is InChI=1S/C11H15BrN2O/c12-10-7-9(8-4-5-8)14(13-10)11-3-1-2-6-15-11/h7-8,11H,1-6H2. The maximum Gasteiger partial charge on any atom is 0.150 e. The number of hydrogen-bond donors (Lipinski definition) is 0. The quantitative estimate of drug-likeness (QED) is 0.825. The molecule has 1 aliphatic heterocycles.